The largest absolute Gasteiger partial charge is 0.396 e. The Labute approximate surface area is 86.5 Å². The van der Waals surface area contributed by atoms with Gasteiger partial charge in [-0.2, -0.15) is 11.8 Å². The minimum Gasteiger partial charge on any atom is -0.396 e. The van der Waals surface area contributed by atoms with Crippen molar-refractivity contribution < 1.29 is 5.11 Å². The molecule has 0 amide bonds. The van der Waals surface area contributed by atoms with Gasteiger partial charge in [-0.15, -0.1) is 0 Å². The quantitative estimate of drug-likeness (QED) is 0.648. The van der Waals surface area contributed by atoms with Crippen molar-refractivity contribution in [1.29, 1.82) is 0 Å². The predicted molar refractivity (Wildman–Crippen MR) is 61.3 cm³/mol. The van der Waals surface area contributed by atoms with Crippen molar-refractivity contribution in [1.82, 2.24) is 5.32 Å². The third-order valence-electron chi connectivity index (χ3n) is 2.16. The number of rotatable bonds is 6. The van der Waals surface area contributed by atoms with Crippen LogP contribution < -0.4 is 5.32 Å². The van der Waals surface area contributed by atoms with Crippen LogP contribution in [0.25, 0.3) is 0 Å². The highest BCUT2D eigenvalue weighted by atomic mass is 32.2. The minimum atomic E-state index is 0.237. The average Bonchev–Trinajstić information content (AvgIpc) is 2.01. The van der Waals surface area contributed by atoms with Crippen LogP contribution in [0.1, 0.15) is 27.2 Å². The Kier molecular flexibility index (Phi) is 6.82. The van der Waals surface area contributed by atoms with E-state index in [0.717, 1.165) is 18.7 Å². The Morgan fingerprint density at radius 3 is 2.38 bits per heavy atom. The van der Waals surface area contributed by atoms with Crippen LogP contribution >= 0.6 is 11.8 Å². The van der Waals surface area contributed by atoms with Crippen molar-refractivity contribution in [2.45, 2.75) is 33.2 Å². The SMILES string of the molecule is CSCCNC(CCO)C(C)(C)C. The van der Waals surface area contributed by atoms with E-state index >= 15 is 0 Å². The highest BCUT2D eigenvalue weighted by Crippen LogP contribution is 2.21. The fourth-order valence-electron chi connectivity index (χ4n) is 1.31. The van der Waals surface area contributed by atoms with E-state index in [4.69, 9.17) is 5.11 Å². The Morgan fingerprint density at radius 2 is 2.00 bits per heavy atom. The predicted octanol–water partition coefficient (Wildman–Crippen LogP) is 1.74. The molecule has 0 aromatic carbocycles. The summed E-state index contributed by atoms with van der Waals surface area (Å²) in [6.07, 6.45) is 2.96. The molecule has 0 fully saturated rings. The summed E-state index contributed by atoms with van der Waals surface area (Å²) in [5, 5.41) is 12.4. The van der Waals surface area contributed by atoms with Crippen LogP contribution in [0.3, 0.4) is 0 Å². The smallest absolute Gasteiger partial charge is 0.0446 e. The number of nitrogens with one attached hydrogen (secondary N) is 1. The molecule has 80 valence electrons. The van der Waals surface area contributed by atoms with Crippen molar-refractivity contribution in [2.24, 2.45) is 5.41 Å². The van der Waals surface area contributed by atoms with E-state index in [1.165, 1.54) is 0 Å². The third-order valence-corrected chi connectivity index (χ3v) is 2.77. The summed E-state index contributed by atoms with van der Waals surface area (Å²) in [4.78, 5) is 0. The zero-order valence-corrected chi connectivity index (χ0v) is 10.1. The number of aliphatic hydroxyl groups excluding tert-OH is 1. The Hall–Kier alpha value is 0.270. The van der Waals surface area contributed by atoms with E-state index in [1.807, 2.05) is 11.8 Å². The van der Waals surface area contributed by atoms with Gasteiger partial charge >= 0.3 is 0 Å². The second-order valence-corrected chi connectivity index (χ2v) is 5.36. The number of aliphatic hydroxyl groups is 1. The summed E-state index contributed by atoms with van der Waals surface area (Å²) in [5.41, 5.74) is 0.237. The van der Waals surface area contributed by atoms with Gasteiger partial charge in [-0.25, -0.2) is 0 Å². The maximum absolute atomic E-state index is 8.91. The van der Waals surface area contributed by atoms with Crippen molar-refractivity contribution in [2.75, 3.05) is 25.2 Å². The van der Waals surface area contributed by atoms with Gasteiger partial charge in [-0.05, 0) is 18.1 Å². The zero-order chi connectivity index (χ0) is 10.3. The van der Waals surface area contributed by atoms with Gasteiger partial charge in [0.1, 0.15) is 0 Å². The fraction of sp³-hybridized carbons (Fsp3) is 1.00. The molecular formula is C10H23NOS. The highest BCUT2D eigenvalue weighted by Gasteiger charge is 2.22. The van der Waals surface area contributed by atoms with E-state index in [9.17, 15) is 0 Å². The summed E-state index contributed by atoms with van der Waals surface area (Å²) < 4.78 is 0. The minimum absolute atomic E-state index is 0.237. The lowest BCUT2D eigenvalue weighted by Crippen LogP contribution is -2.41. The molecule has 0 rings (SSSR count). The lowest BCUT2D eigenvalue weighted by Gasteiger charge is -2.31. The molecule has 0 aliphatic carbocycles. The molecule has 0 saturated carbocycles. The van der Waals surface area contributed by atoms with Crippen molar-refractivity contribution >= 4 is 11.8 Å². The Balaban J connectivity index is 3.81. The highest BCUT2D eigenvalue weighted by molar-refractivity contribution is 7.98. The van der Waals surface area contributed by atoms with Crippen LogP contribution in [-0.4, -0.2) is 36.3 Å². The van der Waals surface area contributed by atoms with Crippen LogP contribution in [0.4, 0.5) is 0 Å². The van der Waals surface area contributed by atoms with Crippen LogP contribution in [-0.2, 0) is 0 Å². The van der Waals surface area contributed by atoms with Crippen molar-refractivity contribution in [3.63, 3.8) is 0 Å². The van der Waals surface area contributed by atoms with Crippen LogP contribution in [0, 0.1) is 5.41 Å². The molecular weight excluding hydrogens is 182 g/mol. The molecule has 0 aliphatic heterocycles. The second kappa shape index (κ2) is 6.68. The van der Waals surface area contributed by atoms with Gasteiger partial charge in [0.25, 0.3) is 0 Å². The fourth-order valence-corrected chi connectivity index (χ4v) is 1.63. The van der Waals surface area contributed by atoms with E-state index in [2.05, 4.69) is 32.3 Å². The molecule has 2 N–H and O–H groups in total. The van der Waals surface area contributed by atoms with Gasteiger partial charge < -0.3 is 10.4 Å². The first-order valence-corrected chi connectivity index (χ1v) is 6.25. The van der Waals surface area contributed by atoms with E-state index < -0.39 is 0 Å². The lowest BCUT2D eigenvalue weighted by atomic mass is 9.85. The molecule has 0 spiro atoms. The normalized spacial score (nSPS) is 14.5. The standard InChI is InChI=1S/C10H23NOS/c1-10(2,3)9(5-7-12)11-6-8-13-4/h9,11-12H,5-8H2,1-4H3. The van der Waals surface area contributed by atoms with Gasteiger partial charge in [0.15, 0.2) is 0 Å². The molecule has 0 aromatic rings. The van der Waals surface area contributed by atoms with Crippen molar-refractivity contribution in [3.8, 4) is 0 Å². The van der Waals surface area contributed by atoms with Gasteiger partial charge in [0.05, 0.1) is 0 Å². The maximum atomic E-state index is 8.91. The summed E-state index contributed by atoms with van der Waals surface area (Å²) in [5.74, 6) is 1.14. The molecule has 0 heterocycles. The van der Waals surface area contributed by atoms with Crippen LogP contribution in [0.15, 0.2) is 0 Å². The van der Waals surface area contributed by atoms with E-state index in [1.54, 1.807) is 0 Å². The molecule has 0 bridgehead atoms. The summed E-state index contributed by atoms with van der Waals surface area (Å²) in [7, 11) is 0. The first kappa shape index (κ1) is 13.3. The molecule has 1 atom stereocenters. The van der Waals surface area contributed by atoms with E-state index in [0.29, 0.717) is 6.04 Å². The van der Waals surface area contributed by atoms with Crippen LogP contribution in [0.2, 0.25) is 0 Å². The molecule has 1 unspecified atom stereocenters. The zero-order valence-electron chi connectivity index (χ0n) is 9.26. The average molecular weight is 205 g/mol. The third kappa shape index (κ3) is 6.36. The summed E-state index contributed by atoms with van der Waals surface area (Å²) in [6, 6.07) is 0.421. The van der Waals surface area contributed by atoms with Gasteiger partial charge in [-0.3, -0.25) is 0 Å². The first-order chi connectivity index (χ1) is 6.02. The number of hydrogen-bond donors (Lipinski definition) is 2. The topological polar surface area (TPSA) is 32.3 Å². The molecule has 3 heteroatoms. The molecule has 2 nitrogen and oxygen atoms in total. The first-order valence-electron chi connectivity index (χ1n) is 4.85. The monoisotopic (exact) mass is 205 g/mol. The molecule has 13 heavy (non-hydrogen) atoms. The van der Waals surface area contributed by atoms with Gasteiger partial charge in [-0.1, -0.05) is 20.8 Å². The van der Waals surface area contributed by atoms with Crippen LogP contribution in [0.5, 0.6) is 0 Å². The second-order valence-electron chi connectivity index (χ2n) is 4.38. The van der Waals surface area contributed by atoms with E-state index in [-0.39, 0.29) is 12.0 Å². The van der Waals surface area contributed by atoms with Gasteiger partial charge in [0.2, 0.25) is 0 Å². The summed E-state index contributed by atoms with van der Waals surface area (Å²) in [6.45, 7) is 7.93. The van der Waals surface area contributed by atoms with Crippen molar-refractivity contribution in [3.05, 3.63) is 0 Å². The number of thioether (sulfide) groups is 1. The Bertz CT molecular complexity index is 123. The number of hydrogen-bond acceptors (Lipinski definition) is 3. The summed E-state index contributed by atoms with van der Waals surface area (Å²) >= 11 is 1.85. The molecule has 0 aromatic heterocycles. The molecule has 0 aliphatic rings. The molecule has 0 radical (unpaired) electrons. The molecule has 0 saturated heterocycles. The maximum Gasteiger partial charge on any atom is 0.0446 e. The Morgan fingerprint density at radius 1 is 1.38 bits per heavy atom. The lowest BCUT2D eigenvalue weighted by molar-refractivity contribution is 0.200. The van der Waals surface area contributed by atoms with Gasteiger partial charge in [0, 0.05) is 24.9 Å².